The molecule has 2 N–H and O–H groups in total. The lowest BCUT2D eigenvalue weighted by Gasteiger charge is -2.28. The third kappa shape index (κ3) is 2.95. The lowest BCUT2D eigenvalue weighted by molar-refractivity contribution is 0.0707. The molecule has 1 amide bonds. The fourth-order valence-corrected chi connectivity index (χ4v) is 4.26. The number of hydrogen-bond donors (Lipinski definition) is 2. The molecular formula is C19H23FN4O. The van der Waals surface area contributed by atoms with Crippen molar-refractivity contribution in [3.05, 3.63) is 53.1 Å². The van der Waals surface area contributed by atoms with Gasteiger partial charge in [0.1, 0.15) is 11.5 Å². The summed E-state index contributed by atoms with van der Waals surface area (Å²) >= 11 is 0. The van der Waals surface area contributed by atoms with Gasteiger partial charge in [0.05, 0.1) is 6.04 Å². The lowest BCUT2D eigenvalue weighted by Crippen LogP contribution is -2.35. The van der Waals surface area contributed by atoms with E-state index in [-0.39, 0.29) is 17.8 Å². The monoisotopic (exact) mass is 342 g/mol. The number of aromatic nitrogens is 2. The maximum Gasteiger partial charge on any atom is 0.274 e. The zero-order chi connectivity index (χ0) is 17.4. The molecule has 0 saturated carbocycles. The Labute approximate surface area is 146 Å². The van der Waals surface area contributed by atoms with Crippen LogP contribution >= 0.6 is 0 Å². The van der Waals surface area contributed by atoms with E-state index in [2.05, 4.69) is 22.4 Å². The van der Waals surface area contributed by atoms with Crippen molar-refractivity contribution in [1.82, 2.24) is 20.4 Å². The second-order valence-electron chi connectivity index (χ2n) is 7.07. The number of likely N-dealkylation sites (tertiary alicyclic amines) is 1. The van der Waals surface area contributed by atoms with Crippen molar-refractivity contribution >= 4 is 5.91 Å². The molecule has 0 unspecified atom stereocenters. The van der Waals surface area contributed by atoms with Crippen LogP contribution in [0.2, 0.25) is 0 Å². The number of H-pyrrole nitrogens is 1. The summed E-state index contributed by atoms with van der Waals surface area (Å²) in [6.45, 7) is 4.55. The zero-order valence-corrected chi connectivity index (χ0v) is 14.3. The number of halogens is 1. The fourth-order valence-electron chi connectivity index (χ4n) is 4.26. The molecule has 0 spiro atoms. The van der Waals surface area contributed by atoms with Crippen LogP contribution in [0.15, 0.2) is 30.3 Å². The Kier molecular flexibility index (Phi) is 4.29. The minimum absolute atomic E-state index is 0.0673. The summed E-state index contributed by atoms with van der Waals surface area (Å²) in [5.74, 6) is 0.401. The SMILES string of the molecule is CCCc1cc(C(=O)N2C[C@@H]3CNC[C@@H]3[C@@H]2c2cccc(F)c2)n[nH]1. The first kappa shape index (κ1) is 16.3. The van der Waals surface area contributed by atoms with Crippen molar-refractivity contribution in [3.63, 3.8) is 0 Å². The molecule has 2 aliphatic rings. The van der Waals surface area contributed by atoms with Gasteiger partial charge in [-0.1, -0.05) is 25.5 Å². The van der Waals surface area contributed by atoms with Gasteiger partial charge in [0, 0.05) is 31.2 Å². The Bertz CT molecular complexity index is 774. The van der Waals surface area contributed by atoms with Crippen LogP contribution in [-0.4, -0.2) is 40.6 Å². The molecule has 2 saturated heterocycles. The van der Waals surface area contributed by atoms with E-state index >= 15 is 0 Å². The summed E-state index contributed by atoms with van der Waals surface area (Å²) < 4.78 is 13.8. The smallest absolute Gasteiger partial charge is 0.274 e. The van der Waals surface area contributed by atoms with Crippen molar-refractivity contribution in [3.8, 4) is 0 Å². The third-order valence-corrected chi connectivity index (χ3v) is 5.39. The number of carbonyl (C=O) groups is 1. The van der Waals surface area contributed by atoms with Gasteiger partial charge in [0.2, 0.25) is 0 Å². The Morgan fingerprint density at radius 1 is 1.36 bits per heavy atom. The van der Waals surface area contributed by atoms with Gasteiger partial charge in [-0.15, -0.1) is 0 Å². The van der Waals surface area contributed by atoms with Gasteiger partial charge in [0.15, 0.2) is 0 Å². The van der Waals surface area contributed by atoms with E-state index in [1.807, 2.05) is 17.0 Å². The van der Waals surface area contributed by atoms with Gasteiger partial charge in [-0.05, 0) is 36.1 Å². The van der Waals surface area contributed by atoms with Crippen molar-refractivity contribution in [2.75, 3.05) is 19.6 Å². The average Bonchev–Trinajstić information content (AvgIpc) is 3.29. The van der Waals surface area contributed by atoms with Crippen molar-refractivity contribution in [2.24, 2.45) is 11.8 Å². The molecule has 2 fully saturated rings. The Morgan fingerprint density at radius 3 is 3.04 bits per heavy atom. The van der Waals surface area contributed by atoms with E-state index in [9.17, 15) is 9.18 Å². The van der Waals surface area contributed by atoms with Crippen LogP contribution in [0.5, 0.6) is 0 Å². The van der Waals surface area contributed by atoms with Crippen molar-refractivity contribution in [2.45, 2.75) is 25.8 Å². The highest BCUT2D eigenvalue weighted by molar-refractivity contribution is 5.93. The molecular weight excluding hydrogens is 319 g/mol. The van der Waals surface area contributed by atoms with E-state index < -0.39 is 0 Å². The zero-order valence-electron chi connectivity index (χ0n) is 14.3. The second-order valence-corrected chi connectivity index (χ2v) is 7.07. The first-order valence-corrected chi connectivity index (χ1v) is 8.98. The summed E-state index contributed by atoms with van der Waals surface area (Å²) in [5.41, 5.74) is 2.31. The van der Waals surface area contributed by atoms with Crippen LogP contribution in [-0.2, 0) is 6.42 Å². The minimum atomic E-state index is -0.260. The van der Waals surface area contributed by atoms with Gasteiger partial charge in [0.25, 0.3) is 5.91 Å². The Hall–Kier alpha value is -2.21. The molecule has 0 bridgehead atoms. The van der Waals surface area contributed by atoms with Crippen LogP contribution in [0.1, 0.15) is 41.1 Å². The lowest BCUT2D eigenvalue weighted by atomic mass is 9.89. The number of amides is 1. The quantitative estimate of drug-likeness (QED) is 0.898. The van der Waals surface area contributed by atoms with Gasteiger partial charge < -0.3 is 10.2 Å². The maximum absolute atomic E-state index is 13.8. The molecule has 1 aromatic carbocycles. The molecule has 25 heavy (non-hydrogen) atoms. The van der Waals surface area contributed by atoms with Crippen LogP contribution in [0, 0.1) is 17.7 Å². The molecule has 4 rings (SSSR count). The third-order valence-electron chi connectivity index (χ3n) is 5.39. The highest BCUT2D eigenvalue weighted by Crippen LogP contribution is 2.43. The average molecular weight is 342 g/mol. The molecule has 0 aliphatic carbocycles. The molecule has 2 aromatic rings. The van der Waals surface area contributed by atoms with Crippen molar-refractivity contribution in [1.29, 1.82) is 0 Å². The summed E-state index contributed by atoms with van der Waals surface area (Å²) in [6.07, 6.45) is 1.88. The molecule has 6 heteroatoms. The van der Waals surface area contributed by atoms with Crippen LogP contribution in [0.4, 0.5) is 4.39 Å². The van der Waals surface area contributed by atoms with Crippen LogP contribution < -0.4 is 5.32 Å². The molecule has 3 atom stereocenters. The summed E-state index contributed by atoms with van der Waals surface area (Å²) in [5, 5.41) is 10.6. The fraction of sp³-hybridized carbons (Fsp3) is 0.474. The van der Waals surface area contributed by atoms with Gasteiger partial charge in [-0.2, -0.15) is 5.10 Å². The molecule has 5 nitrogen and oxygen atoms in total. The van der Waals surface area contributed by atoms with Gasteiger partial charge in [-0.3, -0.25) is 9.89 Å². The molecule has 132 valence electrons. The van der Waals surface area contributed by atoms with Crippen molar-refractivity contribution < 1.29 is 9.18 Å². The number of aromatic amines is 1. The first-order valence-electron chi connectivity index (χ1n) is 8.98. The highest BCUT2D eigenvalue weighted by Gasteiger charge is 2.47. The maximum atomic E-state index is 13.8. The molecule has 2 aliphatic heterocycles. The predicted molar refractivity (Wildman–Crippen MR) is 92.6 cm³/mol. The number of rotatable bonds is 4. The number of nitrogens with one attached hydrogen (secondary N) is 2. The normalized spacial score (nSPS) is 25.4. The second kappa shape index (κ2) is 6.59. The Morgan fingerprint density at radius 2 is 2.24 bits per heavy atom. The molecule has 0 radical (unpaired) electrons. The van der Waals surface area contributed by atoms with E-state index in [1.54, 1.807) is 12.1 Å². The van der Waals surface area contributed by atoms with Gasteiger partial charge >= 0.3 is 0 Å². The predicted octanol–water partition coefficient (Wildman–Crippen LogP) is 2.53. The number of aryl methyl sites for hydroxylation is 1. The minimum Gasteiger partial charge on any atom is -0.330 e. The topological polar surface area (TPSA) is 61.0 Å². The number of benzene rings is 1. The van der Waals surface area contributed by atoms with Gasteiger partial charge in [-0.25, -0.2) is 4.39 Å². The highest BCUT2D eigenvalue weighted by atomic mass is 19.1. The standard InChI is InChI=1S/C19H23FN4O/c1-2-4-15-8-17(23-22-15)19(25)24-11-13-9-21-10-16(13)18(24)12-5-3-6-14(20)7-12/h3,5-8,13,16,18,21H,2,4,9-11H2,1H3,(H,22,23)/t13-,16-,18-/m0/s1. The van der Waals surface area contributed by atoms with E-state index in [1.165, 1.54) is 6.07 Å². The van der Waals surface area contributed by atoms with Crippen LogP contribution in [0.3, 0.4) is 0 Å². The van der Waals surface area contributed by atoms with E-state index in [0.29, 0.717) is 24.1 Å². The number of fused-ring (bicyclic) bond motifs is 1. The number of hydrogen-bond acceptors (Lipinski definition) is 3. The van der Waals surface area contributed by atoms with Crippen LogP contribution in [0.25, 0.3) is 0 Å². The molecule has 3 heterocycles. The molecule has 1 aromatic heterocycles. The van der Waals surface area contributed by atoms with E-state index in [0.717, 1.165) is 37.2 Å². The number of carbonyl (C=O) groups excluding carboxylic acids is 1. The number of nitrogens with zero attached hydrogens (tertiary/aromatic N) is 2. The summed E-state index contributed by atoms with van der Waals surface area (Å²) in [4.78, 5) is 15.0. The Balaban J connectivity index is 1.65. The first-order chi connectivity index (χ1) is 12.2. The largest absolute Gasteiger partial charge is 0.330 e. The van der Waals surface area contributed by atoms with E-state index in [4.69, 9.17) is 0 Å². The summed E-state index contributed by atoms with van der Waals surface area (Å²) in [6, 6.07) is 8.38. The summed E-state index contributed by atoms with van der Waals surface area (Å²) in [7, 11) is 0.